The highest BCUT2D eigenvalue weighted by atomic mass is 16.5. The van der Waals surface area contributed by atoms with Crippen molar-refractivity contribution in [1.29, 1.82) is 0 Å². The quantitative estimate of drug-likeness (QED) is 0.896. The second-order valence-corrected chi connectivity index (χ2v) is 5.00. The van der Waals surface area contributed by atoms with Crippen LogP contribution in [0.5, 0.6) is 5.75 Å². The second kappa shape index (κ2) is 6.57. The molecule has 1 unspecified atom stereocenters. The summed E-state index contributed by atoms with van der Waals surface area (Å²) in [6, 6.07) is 7.89. The Morgan fingerprint density at radius 3 is 3.05 bits per heavy atom. The van der Waals surface area contributed by atoms with Crippen LogP contribution in [0.15, 0.2) is 24.3 Å². The van der Waals surface area contributed by atoms with Crippen LogP contribution < -0.4 is 10.5 Å². The number of hydrogen-bond acceptors (Lipinski definition) is 3. The van der Waals surface area contributed by atoms with E-state index in [9.17, 15) is 4.79 Å². The van der Waals surface area contributed by atoms with Crippen molar-refractivity contribution in [2.24, 2.45) is 5.73 Å². The van der Waals surface area contributed by atoms with E-state index in [1.54, 1.807) is 7.11 Å². The molecule has 1 heterocycles. The van der Waals surface area contributed by atoms with Gasteiger partial charge < -0.3 is 15.4 Å². The van der Waals surface area contributed by atoms with Crippen molar-refractivity contribution >= 4 is 5.91 Å². The van der Waals surface area contributed by atoms with E-state index < -0.39 is 0 Å². The van der Waals surface area contributed by atoms with Crippen LogP contribution >= 0.6 is 0 Å². The molecule has 0 saturated carbocycles. The van der Waals surface area contributed by atoms with Crippen molar-refractivity contribution in [1.82, 2.24) is 4.90 Å². The zero-order valence-corrected chi connectivity index (χ0v) is 11.5. The van der Waals surface area contributed by atoms with E-state index in [4.69, 9.17) is 10.5 Å². The maximum atomic E-state index is 12.4. The lowest BCUT2D eigenvalue weighted by Crippen LogP contribution is -2.48. The molecule has 4 nitrogen and oxygen atoms in total. The molecule has 1 saturated heterocycles. The Morgan fingerprint density at radius 2 is 2.32 bits per heavy atom. The molecular weight excluding hydrogens is 240 g/mol. The summed E-state index contributed by atoms with van der Waals surface area (Å²) in [5.41, 5.74) is 6.75. The molecule has 4 heteroatoms. The SMILES string of the molecule is COc1cccc(CC(=O)N2CCCCC2CN)c1. The monoisotopic (exact) mass is 262 g/mol. The van der Waals surface area contributed by atoms with Gasteiger partial charge in [0, 0.05) is 19.1 Å². The van der Waals surface area contributed by atoms with Crippen LogP contribution in [0.25, 0.3) is 0 Å². The fraction of sp³-hybridized carbons (Fsp3) is 0.533. The minimum absolute atomic E-state index is 0.170. The first-order valence-electron chi connectivity index (χ1n) is 6.87. The number of amides is 1. The molecule has 1 fully saturated rings. The van der Waals surface area contributed by atoms with Crippen molar-refractivity contribution < 1.29 is 9.53 Å². The van der Waals surface area contributed by atoms with Gasteiger partial charge >= 0.3 is 0 Å². The van der Waals surface area contributed by atoms with Gasteiger partial charge in [-0.3, -0.25) is 4.79 Å². The number of methoxy groups -OCH3 is 1. The average molecular weight is 262 g/mol. The van der Waals surface area contributed by atoms with Crippen molar-refractivity contribution in [2.45, 2.75) is 31.7 Å². The van der Waals surface area contributed by atoms with Gasteiger partial charge in [0.15, 0.2) is 0 Å². The highest BCUT2D eigenvalue weighted by molar-refractivity contribution is 5.79. The van der Waals surface area contributed by atoms with E-state index in [1.807, 2.05) is 29.2 Å². The third kappa shape index (κ3) is 3.47. The number of rotatable bonds is 4. The molecule has 0 bridgehead atoms. The van der Waals surface area contributed by atoms with Crippen molar-refractivity contribution in [3.05, 3.63) is 29.8 Å². The molecule has 1 aliphatic rings. The molecule has 0 radical (unpaired) electrons. The molecule has 1 atom stereocenters. The number of nitrogens with two attached hydrogens (primary N) is 1. The Hall–Kier alpha value is -1.55. The molecule has 0 aliphatic carbocycles. The minimum Gasteiger partial charge on any atom is -0.497 e. The van der Waals surface area contributed by atoms with Crippen LogP contribution in [-0.2, 0) is 11.2 Å². The number of benzene rings is 1. The van der Waals surface area contributed by atoms with Crippen LogP contribution in [0.2, 0.25) is 0 Å². The normalized spacial score (nSPS) is 19.3. The smallest absolute Gasteiger partial charge is 0.227 e. The van der Waals surface area contributed by atoms with Gasteiger partial charge in [-0.05, 0) is 37.0 Å². The Morgan fingerprint density at radius 1 is 1.47 bits per heavy atom. The predicted molar refractivity (Wildman–Crippen MR) is 75.1 cm³/mol. The van der Waals surface area contributed by atoms with Gasteiger partial charge in [0.1, 0.15) is 5.75 Å². The highest BCUT2D eigenvalue weighted by Crippen LogP contribution is 2.19. The first-order chi connectivity index (χ1) is 9.24. The van der Waals surface area contributed by atoms with Crippen molar-refractivity contribution in [3.8, 4) is 5.75 Å². The first-order valence-corrected chi connectivity index (χ1v) is 6.87. The summed E-state index contributed by atoms with van der Waals surface area (Å²) >= 11 is 0. The van der Waals surface area contributed by atoms with Crippen LogP contribution in [0.1, 0.15) is 24.8 Å². The Labute approximate surface area is 114 Å². The molecule has 1 aliphatic heterocycles. The maximum Gasteiger partial charge on any atom is 0.227 e. The zero-order valence-electron chi connectivity index (χ0n) is 11.5. The van der Waals surface area contributed by atoms with E-state index in [0.29, 0.717) is 13.0 Å². The molecule has 2 N–H and O–H groups in total. The van der Waals surface area contributed by atoms with Crippen molar-refractivity contribution in [2.75, 3.05) is 20.2 Å². The van der Waals surface area contributed by atoms with E-state index in [0.717, 1.165) is 30.7 Å². The van der Waals surface area contributed by atoms with Gasteiger partial charge in [-0.2, -0.15) is 0 Å². The van der Waals surface area contributed by atoms with Gasteiger partial charge in [0.2, 0.25) is 5.91 Å². The highest BCUT2D eigenvalue weighted by Gasteiger charge is 2.25. The largest absolute Gasteiger partial charge is 0.497 e. The van der Waals surface area contributed by atoms with Gasteiger partial charge in [-0.1, -0.05) is 12.1 Å². The third-order valence-electron chi connectivity index (χ3n) is 3.71. The molecule has 0 spiro atoms. The number of piperidine rings is 1. The number of nitrogens with zero attached hydrogens (tertiary/aromatic N) is 1. The zero-order chi connectivity index (χ0) is 13.7. The Bertz CT molecular complexity index is 434. The number of carbonyl (C=O) groups is 1. The maximum absolute atomic E-state index is 12.4. The third-order valence-corrected chi connectivity index (χ3v) is 3.71. The lowest BCUT2D eigenvalue weighted by molar-refractivity contribution is -0.133. The fourth-order valence-electron chi connectivity index (χ4n) is 2.63. The summed E-state index contributed by atoms with van der Waals surface area (Å²) in [6.07, 6.45) is 3.71. The van der Waals surface area contributed by atoms with Gasteiger partial charge in [-0.25, -0.2) is 0 Å². The van der Waals surface area contributed by atoms with Crippen molar-refractivity contribution in [3.63, 3.8) is 0 Å². The fourth-order valence-corrected chi connectivity index (χ4v) is 2.63. The molecule has 1 aromatic rings. The second-order valence-electron chi connectivity index (χ2n) is 5.00. The Kier molecular flexibility index (Phi) is 4.80. The van der Waals surface area contributed by atoms with E-state index >= 15 is 0 Å². The summed E-state index contributed by atoms with van der Waals surface area (Å²) in [7, 11) is 1.63. The summed E-state index contributed by atoms with van der Waals surface area (Å²) in [5, 5.41) is 0. The number of carbonyl (C=O) groups excluding carboxylic acids is 1. The first kappa shape index (κ1) is 13.9. The Balaban J connectivity index is 2.02. The van der Waals surface area contributed by atoms with E-state index in [2.05, 4.69) is 0 Å². The topological polar surface area (TPSA) is 55.6 Å². The summed E-state index contributed by atoms with van der Waals surface area (Å²) in [4.78, 5) is 14.3. The molecule has 1 aromatic carbocycles. The van der Waals surface area contributed by atoms with E-state index in [1.165, 1.54) is 6.42 Å². The summed E-state index contributed by atoms with van der Waals surface area (Å²) in [6.45, 7) is 1.40. The van der Waals surface area contributed by atoms with Crippen LogP contribution in [0.4, 0.5) is 0 Å². The van der Waals surface area contributed by atoms with E-state index in [-0.39, 0.29) is 11.9 Å². The lowest BCUT2D eigenvalue weighted by Gasteiger charge is -2.35. The number of likely N-dealkylation sites (tertiary alicyclic amines) is 1. The molecule has 104 valence electrons. The molecule has 1 amide bonds. The van der Waals surface area contributed by atoms with Crippen LogP contribution in [0.3, 0.4) is 0 Å². The standard InChI is InChI=1S/C15H22N2O2/c1-19-14-7-4-5-12(9-14)10-15(18)17-8-3-2-6-13(17)11-16/h4-5,7,9,13H,2-3,6,8,10-11,16H2,1H3. The number of hydrogen-bond donors (Lipinski definition) is 1. The summed E-state index contributed by atoms with van der Waals surface area (Å²) < 4.78 is 5.18. The lowest BCUT2D eigenvalue weighted by atomic mass is 10.0. The van der Waals surface area contributed by atoms with Crippen LogP contribution in [-0.4, -0.2) is 37.0 Å². The molecular formula is C15H22N2O2. The summed E-state index contributed by atoms with van der Waals surface area (Å²) in [5.74, 6) is 0.961. The van der Waals surface area contributed by atoms with Gasteiger partial charge in [0.25, 0.3) is 0 Å². The van der Waals surface area contributed by atoms with Gasteiger partial charge in [-0.15, -0.1) is 0 Å². The molecule has 19 heavy (non-hydrogen) atoms. The number of ether oxygens (including phenoxy) is 1. The molecule has 2 rings (SSSR count). The minimum atomic E-state index is 0.170. The predicted octanol–water partition coefficient (Wildman–Crippen LogP) is 1.58. The van der Waals surface area contributed by atoms with Gasteiger partial charge in [0.05, 0.1) is 13.5 Å². The average Bonchev–Trinajstić information content (AvgIpc) is 2.47. The van der Waals surface area contributed by atoms with Crippen LogP contribution in [0, 0.1) is 0 Å². The molecule has 0 aromatic heterocycles.